The van der Waals surface area contributed by atoms with E-state index in [2.05, 4.69) is 0 Å². The van der Waals surface area contributed by atoms with Gasteiger partial charge in [-0.2, -0.15) is 0 Å². The first-order valence-electron chi connectivity index (χ1n) is 5.94. The minimum Gasteiger partial charge on any atom is -0.487 e. The summed E-state index contributed by atoms with van der Waals surface area (Å²) in [7, 11) is 0. The van der Waals surface area contributed by atoms with E-state index in [4.69, 9.17) is 9.84 Å². The fourth-order valence-electron chi connectivity index (χ4n) is 1.66. The minimum absolute atomic E-state index is 0.439. The summed E-state index contributed by atoms with van der Waals surface area (Å²) >= 11 is 3.20. The smallest absolute Gasteiger partial charge is 0.328 e. The Morgan fingerprint density at radius 2 is 2.20 bits per heavy atom. The highest BCUT2D eigenvalue weighted by Crippen LogP contribution is 2.28. The molecule has 0 aliphatic carbocycles. The zero-order valence-corrected chi connectivity index (χ0v) is 12.5. The molecule has 20 heavy (non-hydrogen) atoms. The van der Waals surface area contributed by atoms with Crippen LogP contribution >= 0.6 is 23.1 Å². The maximum Gasteiger partial charge on any atom is 0.328 e. The molecule has 2 aromatic rings. The van der Waals surface area contributed by atoms with E-state index < -0.39 is 5.97 Å². The molecule has 0 saturated carbocycles. The molecule has 0 bridgehead atoms. The lowest BCUT2D eigenvalue weighted by atomic mass is 10.2. The van der Waals surface area contributed by atoms with Gasteiger partial charge in [0.15, 0.2) is 0 Å². The van der Waals surface area contributed by atoms with Crippen molar-refractivity contribution in [3.63, 3.8) is 0 Å². The highest BCUT2D eigenvalue weighted by molar-refractivity contribution is 7.98. The number of rotatable bonds is 6. The Labute approximate surface area is 125 Å². The summed E-state index contributed by atoms with van der Waals surface area (Å²) in [6, 6.07) is 9.76. The lowest BCUT2D eigenvalue weighted by Crippen LogP contribution is -1.96. The van der Waals surface area contributed by atoms with Crippen LogP contribution in [0.25, 0.3) is 6.08 Å². The molecule has 0 saturated heterocycles. The van der Waals surface area contributed by atoms with E-state index in [1.165, 1.54) is 0 Å². The van der Waals surface area contributed by atoms with Crippen LogP contribution in [0.3, 0.4) is 0 Å². The summed E-state index contributed by atoms with van der Waals surface area (Å²) in [4.78, 5) is 12.7. The Morgan fingerprint density at radius 1 is 1.40 bits per heavy atom. The minimum atomic E-state index is -0.948. The average Bonchev–Trinajstić information content (AvgIpc) is 2.90. The van der Waals surface area contributed by atoms with Gasteiger partial charge >= 0.3 is 5.97 Å². The van der Waals surface area contributed by atoms with Gasteiger partial charge in [0, 0.05) is 15.8 Å². The maximum absolute atomic E-state index is 10.6. The number of thiophene rings is 1. The predicted molar refractivity (Wildman–Crippen MR) is 83.5 cm³/mol. The SMILES string of the molecule is CSc1ccccc1OCc1sccc1C=CC(=O)O. The van der Waals surface area contributed by atoms with E-state index in [0.717, 1.165) is 27.2 Å². The van der Waals surface area contributed by atoms with Crippen molar-refractivity contribution in [2.45, 2.75) is 11.5 Å². The van der Waals surface area contributed by atoms with Gasteiger partial charge in [-0.1, -0.05) is 12.1 Å². The third kappa shape index (κ3) is 3.88. The molecule has 1 aromatic carbocycles. The lowest BCUT2D eigenvalue weighted by molar-refractivity contribution is -0.131. The second-order valence-corrected chi connectivity index (χ2v) is 5.76. The Hall–Kier alpha value is -1.72. The van der Waals surface area contributed by atoms with Crippen molar-refractivity contribution in [2.24, 2.45) is 0 Å². The monoisotopic (exact) mass is 306 g/mol. The van der Waals surface area contributed by atoms with Crippen LogP contribution in [0, 0.1) is 0 Å². The van der Waals surface area contributed by atoms with Crippen LogP contribution in [0.5, 0.6) is 5.75 Å². The number of thioether (sulfide) groups is 1. The van der Waals surface area contributed by atoms with Crippen LogP contribution in [-0.4, -0.2) is 17.3 Å². The van der Waals surface area contributed by atoms with Crippen molar-refractivity contribution >= 4 is 35.1 Å². The molecule has 5 heteroatoms. The fourth-order valence-corrected chi connectivity index (χ4v) is 2.98. The number of hydrogen-bond donors (Lipinski definition) is 1. The second-order valence-electron chi connectivity index (χ2n) is 3.91. The van der Waals surface area contributed by atoms with E-state index in [1.807, 2.05) is 42.0 Å². The molecular weight excluding hydrogens is 292 g/mol. The molecule has 1 aromatic heterocycles. The van der Waals surface area contributed by atoms with E-state index in [-0.39, 0.29) is 0 Å². The van der Waals surface area contributed by atoms with Gasteiger partial charge in [0.1, 0.15) is 12.4 Å². The van der Waals surface area contributed by atoms with Crippen molar-refractivity contribution in [1.29, 1.82) is 0 Å². The van der Waals surface area contributed by atoms with Crippen LogP contribution < -0.4 is 4.74 Å². The molecule has 1 heterocycles. The molecule has 3 nitrogen and oxygen atoms in total. The number of carbonyl (C=O) groups is 1. The summed E-state index contributed by atoms with van der Waals surface area (Å²) in [5, 5.41) is 10.6. The molecular formula is C15H14O3S2. The number of benzene rings is 1. The molecule has 0 radical (unpaired) electrons. The summed E-state index contributed by atoms with van der Waals surface area (Å²) in [5.41, 5.74) is 0.888. The molecule has 0 amide bonds. The summed E-state index contributed by atoms with van der Waals surface area (Å²) < 4.78 is 5.83. The first kappa shape index (κ1) is 14.7. The quantitative estimate of drug-likeness (QED) is 0.643. The zero-order chi connectivity index (χ0) is 14.4. The summed E-state index contributed by atoms with van der Waals surface area (Å²) in [5.74, 6) is -0.0997. The number of ether oxygens (including phenoxy) is 1. The zero-order valence-electron chi connectivity index (χ0n) is 10.9. The van der Waals surface area contributed by atoms with Gasteiger partial charge in [-0.15, -0.1) is 23.1 Å². The van der Waals surface area contributed by atoms with Gasteiger partial charge in [-0.05, 0) is 41.5 Å². The van der Waals surface area contributed by atoms with E-state index >= 15 is 0 Å². The van der Waals surface area contributed by atoms with Crippen molar-refractivity contribution in [1.82, 2.24) is 0 Å². The fraction of sp³-hybridized carbons (Fsp3) is 0.133. The molecule has 1 N–H and O–H groups in total. The molecule has 104 valence electrons. The van der Waals surface area contributed by atoms with Gasteiger partial charge in [0.25, 0.3) is 0 Å². The second kappa shape index (κ2) is 7.17. The van der Waals surface area contributed by atoms with Gasteiger partial charge in [-0.25, -0.2) is 4.79 Å². The maximum atomic E-state index is 10.6. The van der Waals surface area contributed by atoms with Gasteiger partial charge < -0.3 is 9.84 Å². The standard InChI is InChI=1S/C15H14O3S2/c1-19-13-5-3-2-4-12(13)18-10-14-11(8-9-20-14)6-7-15(16)17/h2-9H,10H2,1H3,(H,16,17). The highest BCUT2D eigenvalue weighted by atomic mass is 32.2. The number of hydrogen-bond acceptors (Lipinski definition) is 4. The Morgan fingerprint density at radius 3 is 2.95 bits per heavy atom. The number of aliphatic carboxylic acids is 1. The third-order valence-corrected chi connectivity index (χ3v) is 4.30. The van der Waals surface area contributed by atoms with Crippen LogP contribution in [0.4, 0.5) is 0 Å². The van der Waals surface area contributed by atoms with Crippen LogP contribution in [0.15, 0.2) is 46.7 Å². The molecule has 2 rings (SSSR count). The molecule has 0 atom stereocenters. The molecule has 0 unspecified atom stereocenters. The van der Waals surface area contributed by atoms with E-state index in [0.29, 0.717) is 6.61 Å². The van der Waals surface area contributed by atoms with E-state index in [9.17, 15) is 4.79 Å². The van der Waals surface area contributed by atoms with E-state index in [1.54, 1.807) is 29.2 Å². The first-order valence-corrected chi connectivity index (χ1v) is 8.04. The lowest BCUT2D eigenvalue weighted by Gasteiger charge is -2.09. The summed E-state index contributed by atoms with van der Waals surface area (Å²) in [6.45, 7) is 0.439. The van der Waals surface area contributed by atoms with Gasteiger partial charge in [0.2, 0.25) is 0 Å². The Bertz CT molecular complexity index is 617. The topological polar surface area (TPSA) is 46.5 Å². The van der Waals surface area contributed by atoms with Crippen LogP contribution in [0.1, 0.15) is 10.4 Å². The van der Waals surface area contributed by atoms with Crippen LogP contribution in [-0.2, 0) is 11.4 Å². The molecule has 0 spiro atoms. The summed E-state index contributed by atoms with van der Waals surface area (Å²) in [6.07, 6.45) is 4.74. The number of carboxylic acid groups (broad SMARTS) is 1. The molecule has 0 fully saturated rings. The molecule has 0 aliphatic rings. The van der Waals surface area contributed by atoms with Crippen LogP contribution in [0.2, 0.25) is 0 Å². The first-order chi connectivity index (χ1) is 9.70. The van der Waals surface area contributed by atoms with Crippen molar-refractivity contribution < 1.29 is 14.6 Å². The van der Waals surface area contributed by atoms with Gasteiger partial charge in [-0.3, -0.25) is 0 Å². The van der Waals surface area contributed by atoms with Crippen molar-refractivity contribution in [3.05, 3.63) is 52.2 Å². The van der Waals surface area contributed by atoms with Crippen molar-refractivity contribution in [2.75, 3.05) is 6.26 Å². The van der Waals surface area contributed by atoms with Gasteiger partial charge in [0.05, 0.1) is 0 Å². The average molecular weight is 306 g/mol. The third-order valence-electron chi connectivity index (χ3n) is 2.61. The van der Waals surface area contributed by atoms with Crippen molar-refractivity contribution in [3.8, 4) is 5.75 Å². The largest absolute Gasteiger partial charge is 0.487 e. The number of carboxylic acids is 1. The normalized spacial score (nSPS) is 10.8. The highest BCUT2D eigenvalue weighted by Gasteiger charge is 2.06. The predicted octanol–water partition coefficient (Wildman–Crippen LogP) is 4.15. The molecule has 0 aliphatic heterocycles. The Balaban J connectivity index is 2.08. The Kier molecular flexibility index (Phi) is 5.26. The number of para-hydroxylation sites is 1.